The van der Waals surface area contributed by atoms with E-state index in [1.165, 1.54) is 0 Å². The third-order valence-electron chi connectivity index (χ3n) is 3.19. The van der Waals surface area contributed by atoms with Gasteiger partial charge in [0.05, 0.1) is 6.61 Å². The number of carbonyl (C=O) groups excluding carboxylic acids is 1. The summed E-state index contributed by atoms with van der Waals surface area (Å²) in [7, 11) is 0. The maximum Gasteiger partial charge on any atom is 0.348 e. The second-order valence-electron chi connectivity index (χ2n) is 4.73. The summed E-state index contributed by atoms with van der Waals surface area (Å²) >= 11 is 0. The standard InChI is InChI=1S/C18H17NO2/c1-2-3-11-21-18(20)16(13-19)12-15-9-6-8-14-7-4-5-10-17(14)15/h4-10,12H,2-3,11H2,1H3/b16-12+. The van der Waals surface area contributed by atoms with E-state index < -0.39 is 5.97 Å². The van der Waals surface area contributed by atoms with Crippen LogP contribution in [-0.2, 0) is 9.53 Å². The average Bonchev–Trinajstić information content (AvgIpc) is 2.52. The van der Waals surface area contributed by atoms with Crippen molar-refractivity contribution in [3.8, 4) is 6.07 Å². The van der Waals surface area contributed by atoms with Gasteiger partial charge in [0.15, 0.2) is 0 Å². The minimum absolute atomic E-state index is 0.0301. The highest BCUT2D eigenvalue weighted by molar-refractivity contribution is 6.01. The Kier molecular flexibility index (Phi) is 5.11. The number of hydrogen-bond acceptors (Lipinski definition) is 3. The second-order valence-corrected chi connectivity index (χ2v) is 4.73. The number of hydrogen-bond donors (Lipinski definition) is 0. The lowest BCUT2D eigenvalue weighted by Crippen LogP contribution is -2.07. The summed E-state index contributed by atoms with van der Waals surface area (Å²) in [5.41, 5.74) is 0.875. The molecule has 2 aromatic carbocycles. The van der Waals surface area contributed by atoms with Crippen LogP contribution in [0.5, 0.6) is 0 Å². The van der Waals surface area contributed by atoms with E-state index >= 15 is 0 Å². The molecule has 0 heterocycles. The first-order valence-electron chi connectivity index (χ1n) is 7.03. The summed E-state index contributed by atoms with van der Waals surface area (Å²) in [5.74, 6) is -0.557. The number of benzene rings is 2. The Labute approximate surface area is 124 Å². The van der Waals surface area contributed by atoms with Crippen molar-refractivity contribution in [2.24, 2.45) is 0 Å². The highest BCUT2D eigenvalue weighted by atomic mass is 16.5. The van der Waals surface area contributed by atoms with Crippen LogP contribution >= 0.6 is 0 Å². The minimum Gasteiger partial charge on any atom is -0.462 e. The molecule has 0 bridgehead atoms. The molecule has 0 radical (unpaired) electrons. The van der Waals surface area contributed by atoms with Crippen LogP contribution in [0.1, 0.15) is 25.3 Å². The van der Waals surface area contributed by atoms with Crippen LogP contribution in [0.25, 0.3) is 16.8 Å². The Bertz CT molecular complexity index is 705. The topological polar surface area (TPSA) is 50.1 Å². The Morgan fingerprint density at radius 3 is 2.76 bits per heavy atom. The number of rotatable bonds is 5. The lowest BCUT2D eigenvalue weighted by Gasteiger charge is -2.04. The molecule has 0 aliphatic rings. The van der Waals surface area contributed by atoms with Gasteiger partial charge in [0.2, 0.25) is 0 Å². The predicted octanol–water partition coefficient (Wildman–Crippen LogP) is 4.09. The maximum atomic E-state index is 11.9. The van der Waals surface area contributed by atoms with Gasteiger partial charge in [-0.05, 0) is 28.8 Å². The Balaban J connectivity index is 2.30. The zero-order valence-electron chi connectivity index (χ0n) is 12.0. The fourth-order valence-corrected chi connectivity index (χ4v) is 2.06. The van der Waals surface area contributed by atoms with Crippen molar-refractivity contribution in [1.29, 1.82) is 5.26 Å². The SMILES string of the molecule is CCCCOC(=O)/C(C#N)=C/c1cccc2ccccc12. The van der Waals surface area contributed by atoms with Crippen molar-refractivity contribution in [1.82, 2.24) is 0 Å². The second kappa shape index (κ2) is 7.25. The number of carbonyl (C=O) groups is 1. The maximum absolute atomic E-state index is 11.9. The van der Waals surface area contributed by atoms with Crippen LogP contribution in [-0.4, -0.2) is 12.6 Å². The van der Waals surface area contributed by atoms with Crippen LogP contribution in [0.15, 0.2) is 48.0 Å². The average molecular weight is 279 g/mol. The molecule has 106 valence electrons. The largest absolute Gasteiger partial charge is 0.462 e. The van der Waals surface area contributed by atoms with E-state index in [1.807, 2.05) is 55.5 Å². The van der Waals surface area contributed by atoms with Crippen LogP contribution < -0.4 is 0 Å². The van der Waals surface area contributed by atoms with Crippen molar-refractivity contribution >= 4 is 22.8 Å². The van der Waals surface area contributed by atoms with Crippen molar-refractivity contribution in [2.45, 2.75) is 19.8 Å². The summed E-state index contributed by atoms with van der Waals surface area (Å²) in [5, 5.41) is 11.2. The van der Waals surface area contributed by atoms with Crippen LogP contribution in [0.2, 0.25) is 0 Å². The molecule has 2 aromatic rings. The number of fused-ring (bicyclic) bond motifs is 1. The van der Waals surface area contributed by atoms with E-state index in [9.17, 15) is 4.79 Å². The van der Waals surface area contributed by atoms with Crippen molar-refractivity contribution in [2.75, 3.05) is 6.61 Å². The van der Waals surface area contributed by atoms with Gasteiger partial charge in [-0.3, -0.25) is 0 Å². The first kappa shape index (κ1) is 14.8. The van der Waals surface area contributed by atoms with Gasteiger partial charge in [0.25, 0.3) is 0 Å². The number of esters is 1. The van der Waals surface area contributed by atoms with Gasteiger partial charge in [-0.15, -0.1) is 0 Å². The summed E-state index contributed by atoms with van der Waals surface area (Å²) in [6, 6.07) is 15.6. The molecule has 3 heteroatoms. The van der Waals surface area contributed by atoms with E-state index in [-0.39, 0.29) is 5.57 Å². The Morgan fingerprint density at radius 2 is 2.00 bits per heavy atom. The zero-order chi connectivity index (χ0) is 15.1. The van der Waals surface area contributed by atoms with Gasteiger partial charge in [-0.25, -0.2) is 4.79 Å². The molecule has 0 saturated carbocycles. The number of nitriles is 1. The lowest BCUT2D eigenvalue weighted by atomic mass is 10.0. The molecule has 3 nitrogen and oxygen atoms in total. The van der Waals surface area contributed by atoms with E-state index in [2.05, 4.69) is 0 Å². The smallest absolute Gasteiger partial charge is 0.348 e. The molecule has 0 atom stereocenters. The monoisotopic (exact) mass is 279 g/mol. The van der Waals surface area contributed by atoms with Gasteiger partial charge in [-0.1, -0.05) is 55.8 Å². The molecule has 0 saturated heterocycles. The number of ether oxygens (including phenoxy) is 1. The fraction of sp³-hybridized carbons (Fsp3) is 0.222. The van der Waals surface area contributed by atoms with E-state index in [0.29, 0.717) is 6.61 Å². The molecule has 0 aromatic heterocycles. The van der Waals surface area contributed by atoms with Crippen LogP contribution in [0, 0.1) is 11.3 Å². The van der Waals surface area contributed by atoms with E-state index in [0.717, 1.165) is 29.2 Å². The quantitative estimate of drug-likeness (QED) is 0.358. The molecule has 0 amide bonds. The number of nitrogens with zero attached hydrogens (tertiary/aromatic N) is 1. The van der Waals surface area contributed by atoms with Gasteiger partial charge < -0.3 is 4.74 Å². The molecule has 0 aliphatic heterocycles. The highest BCUT2D eigenvalue weighted by Gasteiger charge is 2.11. The van der Waals surface area contributed by atoms with Gasteiger partial charge >= 0.3 is 5.97 Å². The molecule has 0 unspecified atom stereocenters. The molecule has 0 fully saturated rings. The molecule has 2 rings (SSSR count). The Morgan fingerprint density at radius 1 is 1.24 bits per heavy atom. The molecule has 0 N–H and O–H groups in total. The predicted molar refractivity (Wildman–Crippen MR) is 83.4 cm³/mol. The minimum atomic E-state index is -0.557. The summed E-state index contributed by atoms with van der Waals surface area (Å²) in [6.07, 6.45) is 3.34. The van der Waals surface area contributed by atoms with E-state index in [4.69, 9.17) is 10.00 Å². The summed E-state index contributed by atoms with van der Waals surface area (Å²) in [4.78, 5) is 11.9. The zero-order valence-corrected chi connectivity index (χ0v) is 12.0. The van der Waals surface area contributed by atoms with Crippen LogP contribution in [0.4, 0.5) is 0 Å². The van der Waals surface area contributed by atoms with Crippen molar-refractivity contribution < 1.29 is 9.53 Å². The first-order chi connectivity index (χ1) is 10.3. The third kappa shape index (κ3) is 3.70. The fourth-order valence-electron chi connectivity index (χ4n) is 2.06. The molecule has 0 aliphatic carbocycles. The lowest BCUT2D eigenvalue weighted by molar-refractivity contribution is -0.138. The van der Waals surface area contributed by atoms with Gasteiger partial charge in [0.1, 0.15) is 11.6 Å². The highest BCUT2D eigenvalue weighted by Crippen LogP contribution is 2.21. The van der Waals surface area contributed by atoms with Gasteiger partial charge in [0, 0.05) is 0 Å². The Hall–Kier alpha value is -2.60. The molecular formula is C18H17NO2. The van der Waals surface area contributed by atoms with Crippen LogP contribution in [0.3, 0.4) is 0 Å². The van der Waals surface area contributed by atoms with Crippen molar-refractivity contribution in [3.05, 3.63) is 53.6 Å². The molecular weight excluding hydrogens is 262 g/mol. The van der Waals surface area contributed by atoms with Gasteiger partial charge in [-0.2, -0.15) is 5.26 Å². The first-order valence-corrected chi connectivity index (χ1v) is 7.03. The molecule has 0 spiro atoms. The summed E-state index contributed by atoms with van der Waals surface area (Å²) < 4.78 is 5.09. The summed E-state index contributed by atoms with van der Waals surface area (Å²) in [6.45, 7) is 2.37. The normalized spacial score (nSPS) is 11.1. The van der Waals surface area contributed by atoms with Crippen molar-refractivity contribution in [3.63, 3.8) is 0 Å². The third-order valence-corrected chi connectivity index (χ3v) is 3.19. The van der Waals surface area contributed by atoms with E-state index in [1.54, 1.807) is 6.08 Å². The molecule has 21 heavy (non-hydrogen) atoms. The number of unbranched alkanes of at least 4 members (excludes halogenated alkanes) is 1.